The summed E-state index contributed by atoms with van der Waals surface area (Å²) < 4.78 is 5.09. The van der Waals surface area contributed by atoms with E-state index in [4.69, 9.17) is 4.74 Å². The molecule has 0 atom stereocenters. The smallest absolute Gasteiger partial charge is 0.269 e. The van der Waals surface area contributed by atoms with Gasteiger partial charge in [0.25, 0.3) is 5.69 Å². The van der Waals surface area contributed by atoms with E-state index in [0.29, 0.717) is 17.1 Å². The summed E-state index contributed by atoms with van der Waals surface area (Å²) in [6.45, 7) is 3.46. The number of azo groups is 1. The van der Waals surface area contributed by atoms with Crippen LogP contribution in [0.2, 0.25) is 0 Å². The Morgan fingerprint density at radius 2 is 1.50 bits per heavy atom. The van der Waals surface area contributed by atoms with Crippen molar-refractivity contribution in [2.45, 2.75) is 0 Å². The van der Waals surface area contributed by atoms with E-state index < -0.39 is 4.92 Å². The van der Waals surface area contributed by atoms with Crippen molar-refractivity contribution in [2.75, 3.05) is 0 Å². The molecule has 0 fully saturated rings. The van der Waals surface area contributed by atoms with Gasteiger partial charge in [-0.05, 0) is 36.4 Å². The minimum absolute atomic E-state index is 0.0230. The van der Waals surface area contributed by atoms with Crippen LogP contribution in [0.15, 0.2) is 71.6 Å². The molecule has 6 nitrogen and oxygen atoms in total. The summed E-state index contributed by atoms with van der Waals surface area (Å²) in [6, 6.07) is 12.8. The Kier molecular flexibility index (Phi) is 4.18. The van der Waals surface area contributed by atoms with E-state index in [0.717, 1.165) is 0 Å². The summed E-state index contributed by atoms with van der Waals surface area (Å²) in [6.07, 6.45) is 1.34. The van der Waals surface area contributed by atoms with E-state index in [-0.39, 0.29) is 5.69 Å². The van der Waals surface area contributed by atoms with Crippen molar-refractivity contribution in [2.24, 2.45) is 10.2 Å². The molecule has 0 unspecified atom stereocenters. The number of nitro groups is 1. The van der Waals surface area contributed by atoms with E-state index in [1.54, 1.807) is 24.3 Å². The zero-order valence-corrected chi connectivity index (χ0v) is 10.5. The van der Waals surface area contributed by atoms with Crippen molar-refractivity contribution in [3.05, 3.63) is 71.5 Å². The number of hydrogen-bond acceptors (Lipinski definition) is 5. The van der Waals surface area contributed by atoms with Crippen LogP contribution in [0.3, 0.4) is 0 Å². The fourth-order valence-electron chi connectivity index (χ4n) is 1.44. The quantitative estimate of drug-likeness (QED) is 0.346. The second-order valence-electron chi connectivity index (χ2n) is 3.75. The molecule has 0 amide bonds. The largest absolute Gasteiger partial charge is 0.466 e. The lowest BCUT2D eigenvalue weighted by Crippen LogP contribution is -1.85. The molecule has 0 spiro atoms. The van der Waals surface area contributed by atoms with Gasteiger partial charge in [0.05, 0.1) is 22.6 Å². The second kappa shape index (κ2) is 6.24. The predicted molar refractivity (Wildman–Crippen MR) is 74.5 cm³/mol. The maximum absolute atomic E-state index is 10.5. The average molecular weight is 269 g/mol. The van der Waals surface area contributed by atoms with Crippen LogP contribution < -0.4 is 4.74 Å². The van der Waals surface area contributed by atoms with Crippen molar-refractivity contribution in [3.8, 4) is 5.75 Å². The van der Waals surface area contributed by atoms with Crippen LogP contribution in [0.25, 0.3) is 0 Å². The number of nitrogens with zero attached hydrogens (tertiary/aromatic N) is 3. The van der Waals surface area contributed by atoms with Crippen LogP contribution in [-0.2, 0) is 0 Å². The zero-order valence-electron chi connectivity index (χ0n) is 10.5. The number of nitro benzene ring substituents is 1. The maximum Gasteiger partial charge on any atom is 0.269 e. The molecular formula is C14H11N3O3. The Morgan fingerprint density at radius 1 is 1.00 bits per heavy atom. The van der Waals surface area contributed by atoms with Gasteiger partial charge in [-0.2, -0.15) is 10.2 Å². The van der Waals surface area contributed by atoms with Gasteiger partial charge in [0, 0.05) is 12.1 Å². The van der Waals surface area contributed by atoms with Crippen molar-refractivity contribution >= 4 is 17.1 Å². The molecule has 0 aliphatic heterocycles. The van der Waals surface area contributed by atoms with Crippen LogP contribution in [-0.4, -0.2) is 4.92 Å². The van der Waals surface area contributed by atoms with Gasteiger partial charge in [0.15, 0.2) is 0 Å². The molecule has 0 saturated carbocycles. The highest BCUT2D eigenvalue weighted by atomic mass is 16.6. The Balaban J connectivity index is 2.08. The summed E-state index contributed by atoms with van der Waals surface area (Å²) in [5.74, 6) is 0.661. The number of benzene rings is 2. The first-order valence-corrected chi connectivity index (χ1v) is 5.73. The minimum atomic E-state index is -0.459. The summed E-state index contributed by atoms with van der Waals surface area (Å²) >= 11 is 0. The number of rotatable bonds is 5. The molecule has 2 aromatic carbocycles. The van der Waals surface area contributed by atoms with E-state index >= 15 is 0 Å². The monoisotopic (exact) mass is 269 g/mol. The molecule has 0 saturated heterocycles. The lowest BCUT2D eigenvalue weighted by molar-refractivity contribution is -0.384. The Labute approximate surface area is 115 Å². The van der Waals surface area contributed by atoms with Crippen molar-refractivity contribution < 1.29 is 9.66 Å². The zero-order chi connectivity index (χ0) is 14.4. The molecule has 0 heterocycles. The molecule has 20 heavy (non-hydrogen) atoms. The van der Waals surface area contributed by atoms with E-state index in [9.17, 15) is 10.1 Å². The summed E-state index contributed by atoms with van der Waals surface area (Å²) in [4.78, 5) is 10.1. The number of ether oxygens (including phenoxy) is 1. The second-order valence-corrected chi connectivity index (χ2v) is 3.75. The van der Waals surface area contributed by atoms with Crippen LogP contribution in [0.4, 0.5) is 17.1 Å². The molecule has 2 aromatic rings. The van der Waals surface area contributed by atoms with E-state index in [1.807, 2.05) is 0 Å². The summed E-state index contributed by atoms with van der Waals surface area (Å²) in [5, 5.41) is 18.5. The fourth-order valence-corrected chi connectivity index (χ4v) is 1.44. The third kappa shape index (κ3) is 3.49. The third-order valence-electron chi connectivity index (χ3n) is 2.40. The molecule has 6 heteroatoms. The molecule has 0 aromatic heterocycles. The van der Waals surface area contributed by atoms with Gasteiger partial charge in [-0.3, -0.25) is 10.1 Å². The number of hydrogen-bond donors (Lipinski definition) is 0. The predicted octanol–water partition coefficient (Wildman–Crippen LogP) is 4.53. The molecule has 0 aliphatic carbocycles. The topological polar surface area (TPSA) is 77.1 Å². The molecule has 0 N–H and O–H groups in total. The first kappa shape index (κ1) is 13.4. The molecule has 2 rings (SSSR count). The maximum atomic E-state index is 10.5. The lowest BCUT2D eigenvalue weighted by atomic mass is 10.3. The van der Waals surface area contributed by atoms with Crippen LogP contribution in [0.1, 0.15) is 0 Å². The van der Waals surface area contributed by atoms with E-state index in [2.05, 4.69) is 16.8 Å². The standard InChI is InChI=1S/C14H11N3O3/c1-2-20-14-9-5-12(6-10-14)16-15-11-3-7-13(8-4-11)17(18)19/h2-10H,1H2. The molecule has 0 bridgehead atoms. The van der Waals surface area contributed by atoms with Crippen LogP contribution in [0.5, 0.6) is 5.75 Å². The Bertz CT molecular complexity index is 634. The first-order valence-electron chi connectivity index (χ1n) is 5.73. The SMILES string of the molecule is C=COc1ccc(N=Nc2ccc([N+](=O)[O-])cc2)cc1. The average Bonchev–Trinajstić information content (AvgIpc) is 2.47. The summed E-state index contributed by atoms with van der Waals surface area (Å²) in [7, 11) is 0. The van der Waals surface area contributed by atoms with Gasteiger partial charge < -0.3 is 4.74 Å². The Morgan fingerprint density at radius 3 is 1.95 bits per heavy atom. The highest BCUT2D eigenvalue weighted by Crippen LogP contribution is 2.22. The highest BCUT2D eigenvalue weighted by Gasteiger charge is 2.03. The van der Waals surface area contributed by atoms with Crippen molar-refractivity contribution in [3.63, 3.8) is 0 Å². The minimum Gasteiger partial charge on any atom is -0.466 e. The van der Waals surface area contributed by atoms with Gasteiger partial charge in [-0.1, -0.05) is 6.58 Å². The van der Waals surface area contributed by atoms with Crippen LogP contribution >= 0.6 is 0 Å². The van der Waals surface area contributed by atoms with Crippen molar-refractivity contribution in [1.82, 2.24) is 0 Å². The van der Waals surface area contributed by atoms with Gasteiger partial charge in [-0.25, -0.2) is 0 Å². The highest BCUT2D eigenvalue weighted by molar-refractivity contribution is 5.45. The molecule has 0 aliphatic rings. The summed E-state index contributed by atoms with van der Waals surface area (Å²) in [5.41, 5.74) is 1.22. The van der Waals surface area contributed by atoms with Gasteiger partial charge in [0.1, 0.15) is 5.75 Å². The lowest BCUT2D eigenvalue weighted by Gasteiger charge is -1.98. The van der Waals surface area contributed by atoms with E-state index in [1.165, 1.54) is 30.5 Å². The van der Waals surface area contributed by atoms with Crippen LogP contribution in [0, 0.1) is 10.1 Å². The van der Waals surface area contributed by atoms with Crippen molar-refractivity contribution in [1.29, 1.82) is 0 Å². The molecule has 100 valence electrons. The fraction of sp³-hybridized carbons (Fsp3) is 0. The van der Waals surface area contributed by atoms with Gasteiger partial charge >= 0.3 is 0 Å². The van der Waals surface area contributed by atoms with Gasteiger partial charge in [-0.15, -0.1) is 0 Å². The molecule has 0 radical (unpaired) electrons. The third-order valence-corrected chi connectivity index (χ3v) is 2.40. The van der Waals surface area contributed by atoms with Gasteiger partial charge in [0.2, 0.25) is 0 Å². The Hall–Kier alpha value is -3.02. The number of non-ortho nitro benzene ring substituents is 1. The normalized spacial score (nSPS) is 10.4. The first-order chi connectivity index (χ1) is 9.69. The molecular weight excluding hydrogens is 258 g/mol.